The normalized spacial score (nSPS) is 10.7. The number of hydrogen-bond acceptors (Lipinski definition) is 1. The molecule has 2 aromatic rings. The quantitative estimate of drug-likeness (QED) is 0.664. The van der Waals surface area contributed by atoms with Crippen molar-refractivity contribution >= 4 is 28.1 Å². The third kappa shape index (κ3) is 1.11. The van der Waals surface area contributed by atoms with Crippen LogP contribution in [0.2, 0.25) is 0 Å². The van der Waals surface area contributed by atoms with Crippen LogP contribution in [0.5, 0.6) is 0 Å². The fourth-order valence-corrected chi connectivity index (χ4v) is 1.67. The Labute approximate surface area is 76.2 Å². The van der Waals surface area contributed by atoms with E-state index >= 15 is 0 Å². The molecule has 0 unspecified atom stereocenters. The number of fused-ring (bicyclic) bond motifs is 1. The molecule has 0 spiro atoms. The minimum Gasteiger partial charge on any atom is -0.302 e. The molecule has 0 amide bonds. The van der Waals surface area contributed by atoms with E-state index in [-0.39, 0.29) is 5.82 Å². The summed E-state index contributed by atoms with van der Waals surface area (Å²) < 4.78 is 15.3. The Balaban J connectivity index is 2.91. The second-order valence-electron chi connectivity index (χ2n) is 2.19. The molecule has 56 valence electrons. The molecule has 4 heteroatoms. The van der Waals surface area contributed by atoms with Crippen molar-refractivity contribution in [2.75, 3.05) is 0 Å². The van der Waals surface area contributed by atoms with Crippen molar-refractivity contribution in [2.45, 2.75) is 0 Å². The van der Waals surface area contributed by atoms with Crippen LogP contribution in [-0.2, 0) is 0 Å². The fraction of sp³-hybridized carbons (Fsp3) is 0. The van der Waals surface area contributed by atoms with Gasteiger partial charge in [0.1, 0.15) is 5.82 Å². The van der Waals surface area contributed by atoms with Gasteiger partial charge in [0.25, 0.3) is 0 Å². The van der Waals surface area contributed by atoms with E-state index in [0.717, 1.165) is 9.09 Å². The van der Waals surface area contributed by atoms with E-state index < -0.39 is 0 Å². The zero-order valence-electron chi connectivity index (χ0n) is 5.46. The van der Waals surface area contributed by atoms with Gasteiger partial charge in [-0.15, -0.1) is 0 Å². The first-order chi connectivity index (χ1) is 5.27. The van der Waals surface area contributed by atoms with Gasteiger partial charge in [-0.2, -0.15) is 0 Å². The lowest BCUT2D eigenvalue weighted by atomic mass is 10.4. The van der Waals surface area contributed by atoms with E-state index in [1.807, 2.05) is 0 Å². The predicted octanol–water partition coefficient (Wildman–Crippen LogP) is 2.08. The maximum absolute atomic E-state index is 12.7. The van der Waals surface area contributed by atoms with Gasteiger partial charge in [-0.1, -0.05) is 0 Å². The SMILES string of the molecule is Fc1cc(I)c2cncn2c1. The Bertz CT molecular complexity index is 396. The minimum atomic E-state index is -0.236. The van der Waals surface area contributed by atoms with Crippen LogP contribution in [0.15, 0.2) is 24.8 Å². The van der Waals surface area contributed by atoms with E-state index in [9.17, 15) is 4.39 Å². The van der Waals surface area contributed by atoms with E-state index in [4.69, 9.17) is 0 Å². The molecule has 0 atom stereocenters. The van der Waals surface area contributed by atoms with E-state index in [1.54, 1.807) is 16.9 Å². The van der Waals surface area contributed by atoms with Gasteiger partial charge >= 0.3 is 0 Å². The van der Waals surface area contributed by atoms with Gasteiger partial charge in [0.15, 0.2) is 0 Å². The molecular weight excluding hydrogens is 258 g/mol. The average Bonchev–Trinajstić information content (AvgIpc) is 2.34. The highest BCUT2D eigenvalue weighted by molar-refractivity contribution is 14.1. The molecule has 0 aliphatic heterocycles. The highest BCUT2D eigenvalue weighted by atomic mass is 127. The van der Waals surface area contributed by atoms with Crippen LogP contribution < -0.4 is 0 Å². The molecule has 0 radical (unpaired) electrons. The summed E-state index contributed by atoms with van der Waals surface area (Å²) in [5, 5.41) is 0. The van der Waals surface area contributed by atoms with Gasteiger partial charge in [0.2, 0.25) is 0 Å². The molecule has 0 aliphatic carbocycles. The molecule has 2 heterocycles. The molecule has 11 heavy (non-hydrogen) atoms. The Hall–Kier alpha value is -0.650. The number of rotatable bonds is 0. The van der Waals surface area contributed by atoms with Crippen molar-refractivity contribution in [3.63, 3.8) is 0 Å². The third-order valence-electron chi connectivity index (χ3n) is 1.44. The maximum Gasteiger partial charge on any atom is 0.140 e. The molecule has 0 aliphatic rings. The van der Waals surface area contributed by atoms with Crippen LogP contribution >= 0.6 is 22.6 Å². The Morgan fingerprint density at radius 3 is 3.18 bits per heavy atom. The zero-order valence-corrected chi connectivity index (χ0v) is 7.62. The van der Waals surface area contributed by atoms with Crippen LogP contribution in [0.3, 0.4) is 0 Å². The van der Waals surface area contributed by atoms with Crippen LogP contribution in [0.4, 0.5) is 4.39 Å². The predicted molar refractivity (Wildman–Crippen MR) is 47.9 cm³/mol. The smallest absolute Gasteiger partial charge is 0.140 e. The first-order valence-electron chi connectivity index (χ1n) is 3.04. The van der Waals surface area contributed by atoms with Crippen LogP contribution in [0.25, 0.3) is 5.52 Å². The summed E-state index contributed by atoms with van der Waals surface area (Å²) in [5.74, 6) is -0.236. The molecule has 0 aromatic carbocycles. The number of aromatic nitrogens is 2. The highest BCUT2D eigenvalue weighted by Gasteiger charge is 2.00. The topological polar surface area (TPSA) is 17.3 Å². The first kappa shape index (κ1) is 7.02. The van der Waals surface area contributed by atoms with Gasteiger partial charge in [-0.25, -0.2) is 9.37 Å². The van der Waals surface area contributed by atoms with Crippen molar-refractivity contribution < 1.29 is 4.39 Å². The summed E-state index contributed by atoms with van der Waals surface area (Å²) >= 11 is 2.08. The van der Waals surface area contributed by atoms with Crippen molar-refractivity contribution in [2.24, 2.45) is 0 Å². The molecule has 2 rings (SSSR count). The Kier molecular flexibility index (Phi) is 1.56. The molecule has 2 aromatic heterocycles. The second kappa shape index (κ2) is 2.44. The molecule has 0 bridgehead atoms. The van der Waals surface area contributed by atoms with Crippen LogP contribution in [-0.4, -0.2) is 9.38 Å². The standard InChI is InChI=1S/C7H4FIN2/c8-5-1-6(9)7-2-10-4-11(7)3-5/h1-4H. The van der Waals surface area contributed by atoms with Crippen molar-refractivity contribution in [3.8, 4) is 0 Å². The summed E-state index contributed by atoms with van der Waals surface area (Å²) in [6, 6.07) is 1.48. The summed E-state index contributed by atoms with van der Waals surface area (Å²) in [7, 11) is 0. The number of pyridine rings is 1. The van der Waals surface area contributed by atoms with Gasteiger partial charge in [-0.05, 0) is 28.7 Å². The average molecular weight is 262 g/mol. The monoisotopic (exact) mass is 262 g/mol. The zero-order chi connectivity index (χ0) is 7.84. The molecule has 2 nitrogen and oxygen atoms in total. The summed E-state index contributed by atoms with van der Waals surface area (Å²) in [6.07, 6.45) is 4.70. The minimum absolute atomic E-state index is 0.236. The van der Waals surface area contributed by atoms with E-state index in [1.165, 1.54) is 12.3 Å². The largest absolute Gasteiger partial charge is 0.302 e. The summed E-state index contributed by atoms with van der Waals surface area (Å²) in [6.45, 7) is 0. The number of halogens is 2. The lowest BCUT2D eigenvalue weighted by molar-refractivity contribution is 0.618. The highest BCUT2D eigenvalue weighted by Crippen LogP contribution is 2.14. The van der Waals surface area contributed by atoms with Gasteiger partial charge in [-0.3, -0.25) is 0 Å². The molecule has 0 saturated heterocycles. The first-order valence-corrected chi connectivity index (χ1v) is 4.12. The molecule has 0 saturated carbocycles. The number of nitrogens with zero attached hydrogens (tertiary/aromatic N) is 2. The third-order valence-corrected chi connectivity index (χ3v) is 2.30. The Morgan fingerprint density at radius 2 is 2.36 bits per heavy atom. The van der Waals surface area contributed by atoms with E-state index in [0.29, 0.717) is 0 Å². The summed E-state index contributed by atoms with van der Waals surface area (Å²) in [5.41, 5.74) is 0.937. The second-order valence-corrected chi connectivity index (χ2v) is 3.35. The van der Waals surface area contributed by atoms with Crippen LogP contribution in [0, 0.1) is 9.39 Å². The molecule has 0 N–H and O–H groups in total. The van der Waals surface area contributed by atoms with Crippen molar-refractivity contribution in [1.29, 1.82) is 0 Å². The van der Waals surface area contributed by atoms with E-state index in [2.05, 4.69) is 27.6 Å². The number of hydrogen-bond donors (Lipinski definition) is 0. The van der Waals surface area contributed by atoms with Crippen molar-refractivity contribution in [3.05, 3.63) is 34.2 Å². The van der Waals surface area contributed by atoms with Crippen molar-refractivity contribution in [1.82, 2.24) is 9.38 Å². The van der Waals surface area contributed by atoms with Gasteiger partial charge in [0, 0.05) is 9.77 Å². The van der Waals surface area contributed by atoms with Crippen LogP contribution in [0.1, 0.15) is 0 Å². The number of imidazole rings is 1. The maximum atomic E-state index is 12.7. The Morgan fingerprint density at radius 1 is 1.55 bits per heavy atom. The fourth-order valence-electron chi connectivity index (χ4n) is 0.958. The summed E-state index contributed by atoms with van der Waals surface area (Å²) in [4.78, 5) is 3.89. The molecule has 0 fully saturated rings. The lowest BCUT2D eigenvalue weighted by Gasteiger charge is -1.95. The molecular formula is C7H4FIN2. The van der Waals surface area contributed by atoms with Gasteiger partial charge in [0.05, 0.1) is 18.0 Å². The van der Waals surface area contributed by atoms with Gasteiger partial charge < -0.3 is 4.40 Å². The lowest BCUT2D eigenvalue weighted by Crippen LogP contribution is -1.87.